The molecule has 0 saturated heterocycles. The number of rotatable bonds is 2. The molecule has 12 heteroatoms. The van der Waals surface area contributed by atoms with Crippen molar-refractivity contribution in [1.82, 2.24) is 0 Å². The summed E-state index contributed by atoms with van der Waals surface area (Å²) in [6, 6.07) is 0. The fourth-order valence-electron chi connectivity index (χ4n) is 0.123. The molecule has 0 atom stereocenters. The van der Waals surface area contributed by atoms with Crippen molar-refractivity contribution in [2.24, 2.45) is 0 Å². The van der Waals surface area contributed by atoms with Crippen LogP contribution in [0.5, 0.6) is 0 Å². The molecular weight excluding hydrogens is 387 g/mol. The number of phosphoric acid groups is 1. The minimum atomic E-state index is -6.19. The van der Waals surface area contributed by atoms with E-state index < -0.39 is 30.7 Å². The van der Waals surface area contributed by atoms with E-state index in [1.54, 1.807) is 0 Å². The van der Waals surface area contributed by atoms with Gasteiger partial charge in [-0.05, 0) is 0 Å². The molecular formula is CH5O10PW. The number of carbonyl (C=O) groups is 1. The fourth-order valence-corrected chi connectivity index (χ4v) is 3.01. The Balaban J connectivity index is 0. The van der Waals surface area contributed by atoms with Crippen LogP contribution in [0.25, 0.3) is 0 Å². The van der Waals surface area contributed by atoms with Gasteiger partial charge in [0.1, 0.15) is 0 Å². The quantitative estimate of drug-likeness (QED) is 0.366. The second kappa shape index (κ2) is 5.38. The third-order valence-electron chi connectivity index (χ3n) is 0.191. The maximum absolute atomic E-state index is 9.61. The standard InChI is InChI=1S/CH2O3.H3O4P.H2O.2O.W/c2-1(3)4;1-5(2,3)4;;;;/h(H2,2,3,4);(H3,1,2,3,4);1H2;;;/q;;;;;+2/p-2. The first kappa shape index (κ1) is 15.1. The molecule has 0 saturated carbocycles. The Kier molecular flexibility index (Phi) is 6.25. The van der Waals surface area contributed by atoms with Crippen molar-refractivity contribution in [3.63, 3.8) is 0 Å². The summed E-state index contributed by atoms with van der Waals surface area (Å²) >= 11 is -6.19. The Morgan fingerprint density at radius 1 is 1.23 bits per heavy atom. The van der Waals surface area contributed by atoms with Gasteiger partial charge in [0.15, 0.2) is 0 Å². The molecule has 0 amide bonds. The van der Waals surface area contributed by atoms with Crippen LogP contribution < -0.4 is 0 Å². The summed E-state index contributed by atoms with van der Waals surface area (Å²) in [5.74, 6) is 0. The third-order valence-corrected chi connectivity index (χ3v) is 4.70. The topological polar surface area (TPSA) is 179 Å². The van der Waals surface area contributed by atoms with Gasteiger partial charge in [0.05, 0.1) is 0 Å². The third kappa shape index (κ3) is 34.0. The van der Waals surface area contributed by atoms with Crippen molar-refractivity contribution in [1.29, 1.82) is 0 Å². The Bertz CT molecular complexity index is 289. The summed E-state index contributed by atoms with van der Waals surface area (Å²) in [4.78, 5) is 24.0. The summed E-state index contributed by atoms with van der Waals surface area (Å²) < 4.78 is 39.5. The number of hydrogen-bond acceptors (Lipinski definition) is 5. The summed E-state index contributed by atoms with van der Waals surface area (Å²) in [5.41, 5.74) is 0. The van der Waals surface area contributed by atoms with Crippen LogP contribution in [0, 0.1) is 0 Å². The molecule has 0 rings (SSSR count). The molecule has 5 N–H and O–H groups in total. The number of hydrogen-bond donors (Lipinski definition) is 5. The molecule has 80 valence electrons. The molecule has 0 aliphatic rings. The van der Waals surface area contributed by atoms with Crippen molar-refractivity contribution < 1.29 is 59.8 Å². The zero-order valence-corrected chi connectivity index (χ0v) is 9.46. The van der Waals surface area contributed by atoms with Gasteiger partial charge in [0, 0.05) is 0 Å². The molecule has 0 aromatic rings. The van der Waals surface area contributed by atoms with Crippen LogP contribution in [-0.2, 0) is 31.3 Å². The zero-order chi connectivity index (χ0) is 11.3. The predicted octanol–water partition coefficient (Wildman–Crippen LogP) is -1.01. The van der Waals surface area contributed by atoms with Crippen molar-refractivity contribution in [3.05, 3.63) is 0 Å². The first-order valence-corrected chi connectivity index (χ1v) is 8.53. The monoisotopic (exact) mass is 392 g/mol. The van der Waals surface area contributed by atoms with Gasteiger partial charge in [-0.2, -0.15) is 0 Å². The van der Waals surface area contributed by atoms with Crippen LogP contribution in [-0.4, -0.2) is 29.9 Å². The van der Waals surface area contributed by atoms with Gasteiger partial charge < -0.3 is 10.2 Å². The zero-order valence-electron chi connectivity index (χ0n) is 5.63. The fraction of sp³-hybridized carbons (Fsp3) is 0. The minimum absolute atomic E-state index is 1.83. The SMILES string of the molecule is O=C(O)O.O=P(O)(O)[O][W](=[O])(=[O])[OH]. The molecule has 0 aromatic heterocycles. The van der Waals surface area contributed by atoms with Crippen LogP contribution >= 0.6 is 7.82 Å². The molecule has 0 heterocycles. The van der Waals surface area contributed by atoms with E-state index in [0.717, 1.165) is 0 Å². The van der Waals surface area contributed by atoms with Crippen LogP contribution in [0.15, 0.2) is 0 Å². The summed E-state index contributed by atoms with van der Waals surface area (Å²) in [6.07, 6.45) is -1.83. The van der Waals surface area contributed by atoms with Gasteiger partial charge >= 0.3 is 58.8 Å². The second-order valence-corrected chi connectivity index (χ2v) is 7.09. The summed E-state index contributed by atoms with van der Waals surface area (Å²) in [6.45, 7) is 0. The second-order valence-electron chi connectivity index (χ2n) is 1.28. The number of carboxylic acid groups (broad SMARTS) is 2. The predicted molar refractivity (Wildman–Crippen MR) is 27.4 cm³/mol. The van der Waals surface area contributed by atoms with Crippen molar-refractivity contribution in [2.45, 2.75) is 0 Å². The normalized spacial score (nSPS) is 11.3. The summed E-state index contributed by atoms with van der Waals surface area (Å²) in [7, 11) is -5.07. The van der Waals surface area contributed by atoms with Gasteiger partial charge in [-0.1, -0.05) is 0 Å². The molecule has 0 aliphatic carbocycles. The van der Waals surface area contributed by atoms with Crippen LogP contribution in [0.4, 0.5) is 4.79 Å². The average Bonchev–Trinajstić information content (AvgIpc) is 1.47. The van der Waals surface area contributed by atoms with Gasteiger partial charge in [-0.3, -0.25) is 0 Å². The first-order chi connectivity index (χ1) is 5.44. The Labute approximate surface area is 74.3 Å². The molecule has 0 spiro atoms. The van der Waals surface area contributed by atoms with Gasteiger partial charge in [-0.25, -0.2) is 4.79 Å². The molecule has 0 radical (unpaired) electrons. The molecule has 10 nitrogen and oxygen atoms in total. The van der Waals surface area contributed by atoms with Crippen molar-refractivity contribution in [3.8, 4) is 0 Å². The van der Waals surface area contributed by atoms with Gasteiger partial charge in [0.25, 0.3) is 0 Å². The van der Waals surface area contributed by atoms with E-state index in [9.17, 15) is 11.4 Å². The molecule has 0 aromatic carbocycles. The van der Waals surface area contributed by atoms with Crippen LogP contribution in [0.2, 0.25) is 0 Å². The van der Waals surface area contributed by atoms with Crippen LogP contribution in [0.3, 0.4) is 0 Å². The summed E-state index contributed by atoms with van der Waals surface area (Å²) in [5, 5.41) is 13.9. The molecule has 0 bridgehead atoms. The Hall–Kier alpha value is -0.372. The molecule has 0 aliphatic heterocycles. The van der Waals surface area contributed by atoms with Gasteiger partial charge in [-0.15, -0.1) is 0 Å². The average molecular weight is 392 g/mol. The Morgan fingerprint density at radius 3 is 1.46 bits per heavy atom. The molecule has 13 heavy (non-hydrogen) atoms. The van der Waals surface area contributed by atoms with E-state index in [0.29, 0.717) is 0 Å². The van der Waals surface area contributed by atoms with Crippen molar-refractivity contribution >= 4 is 14.0 Å². The van der Waals surface area contributed by atoms with E-state index in [-0.39, 0.29) is 0 Å². The van der Waals surface area contributed by atoms with E-state index in [1.807, 2.05) is 0 Å². The van der Waals surface area contributed by atoms with E-state index >= 15 is 0 Å². The molecule has 0 fully saturated rings. The maximum atomic E-state index is 9.61. The molecule has 0 unspecified atom stereocenters. The Morgan fingerprint density at radius 2 is 1.46 bits per heavy atom. The van der Waals surface area contributed by atoms with Gasteiger partial charge in [0.2, 0.25) is 0 Å². The van der Waals surface area contributed by atoms with Crippen molar-refractivity contribution in [2.75, 3.05) is 0 Å². The first-order valence-electron chi connectivity index (χ1n) is 2.10. The van der Waals surface area contributed by atoms with E-state index in [4.69, 9.17) is 28.6 Å². The van der Waals surface area contributed by atoms with Crippen LogP contribution in [0.1, 0.15) is 0 Å². The van der Waals surface area contributed by atoms with E-state index in [1.165, 1.54) is 0 Å². The van der Waals surface area contributed by atoms with E-state index in [2.05, 4.69) is 3.18 Å².